The van der Waals surface area contributed by atoms with Crippen LogP contribution in [0, 0.1) is 10.1 Å². The summed E-state index contributed by atoms with van der Waals surface area (Å²) < 4.78 is 39.3. The maximum absolute atomic E-state index is 13.1. The lowest BCUT2D eigenvalue weighted by molar-refractivity contribution is -0.387. The van der Waals surface area contributed by atoms with Crippen LogP contribution in [0.4, 0.5) is 24.5 Å². The molecule has 3 aromatic rings. The standard InChI is InChI=1S/C23H12ClF3N2O3S3/c24-15-5-7-17(8-6-15)34-19-9-4-13(10-18(19)29(31)32)11-20-21(30)28(22(33)35-20)16-3-1-2-14(12-16)23(25,26)27/h1-12H. The van der Waals surface area contributed by atoms with Crippen LogP contribution in [0.5, 0.6) is 0 Å². The van der Waals surface area contributed by atoms with Gasteiger partial charge in [-0.15, -0.1) is 0 Å². The number of carbonyl (C=O) groups is 1. The minimum absolute atomic E-state index is 0.00795. The van der Waals surface area contributed by atoms with E-state index in [0.29, 0.717) is 15.5 Å². The largest absolute Gasteiger partial charge is 0.416 e. The summed E-state index contributed by atoms with van der Waals surface area (Å²) >= 11 is 13.2. The minimum Gasteiger partial charge on any atom is -0.268 e. The van der Waals surface area contributed by atoms with Crippen molar-refractivity contribution in [2.24, 2.45) is 0 Å². The van der Waals surface area contributed by atoms with Crippen molar-refractivity contribution in [3.8, 4) is 0 Å². The fraction of sp³-hybridized carbons (Fsp3) is 0.0435. The van der Waals surface area contributed by atoms with Crippen molar-refractivity contribution >= 4 is 75.0 Å². The predicted molar refractivity (Wildman–Crippen MR) is 136 cm³/mol. The molecule has 0 saturated carbocycles. The zero-order valence-electron chi connectivity index (χ0n) is 17.3. The zero-order valence-corrected chi connectivity index (χ0v) is 20.5. The zero-order chi connectivity index (χ0) is 25.3. The molecule has 0 aliphatic carbocycles. The van der Waals surface area contributed by atoms with Gasteiger partial charge in [0.15, 0.2) is 4.32 Å². The SMILES string of the molecule is O=C1C(=Cc2ccc(Sc3ccc(Cl)cc3)c([N+](=O)[O-])c2)SC(=S)N1c1cccc(C(F)(F)F)c1. The number of anilines is 1. The lowest BCUT2D eigenvalue weighted by Gasteiger charge is -2.16. The van der Waals surface area contributed by atoms with Crippen LogP contribution in [0.1, 0.15) is 11.1 Å². The van der Waals surface area contributed by atoms with Gasteiger partial charge in [-0.1, -0.05) is 59.5 Å². The Labute approximate surface area is 216 Å². The van der Waals surface area contributed by atoms with E-state index in [9.17, 15) is 28.1 Å². The summed E-state index contributed by atoms with van der Waals surface area (Å²) in [6, 6.07) is 15.6. The number of nitro groups is 1. The molecule has 12 heteroatoms. The molecule has 1 aliphatic heterocycles. The Morgan fingerprint density at radius 1 is 1.09 bits per heavy atom. The molecule has 178 valence electrons. The first-order chi connectivity index (χ1) is 16.5. The van der Waals surface area contributed by atoms with Crippen LogP contribution >= 0.6 is 47.3 Å². The van der Waals surface area contributed by atoms with Crippen LogP contribution in [0.3, 0.4) is 0 Å². The van der Waals surface area contributed by atoms with E-state index in [4.69, 9.17) is 23.8 Å². The van der Waals surface area contributed by atoms with Gasteiger partial charge in [0.2, 0.25) is 0 Å². The molecule has 1 heterocycles. The molecule has 0 aromatic heterocycles. The molecule has 1 fully saturated rings. The molecule has 0 atom stereocenters. The number of alkyl halides is 3. The van der Waals surface area contributed by atoms with Gasteiger partial charge >= 0.3 is 6.18 Å². The molecule has 3 aromatic carbocycles. The third-order valence-corrected chi connectivity index (χ3v) is 7.37. The molecule has 0 bridgehead atoms. The molecule has 5 nitrogen and oxygen atoms in total. The van der Waals surface area contributed by atoms with Crippen LogP contribution in [0.2, 0.25) is 5.02 Å². The van der Waals surface area contributed by atoms with Gasteiger partial charge in [0.05, 0.1) is 26.0 Å². The van der Waals surface area contributed by atoms with Crippen molar-refractivity contribution in [1.29, 1.82) is 0 Å². The number of carbonyl (C=O) groups excluding carboxylic acids is 1. The van der Waals surface area contributed by atoms with E-state index in [1.165, 1.54) is 36.0 Å². The number of nitrogens with zero attached hydrogens (tertiary/aromatic N) is 2. The summed E-state index contributed by atoms with van der Waals surface area (Å²) in [5.74, 6) is -0.610. The third-order valence-electron chi connectivity index (χ3n) is 4.74. The number of amides is 1. The Balaban J connectivity index is 1.62. The minimum atomic E-state index is -4.57. The van der Waals surface area contributed by atoms with Gasteiger partial charge < -0.3 is 0 Å². The molecule has 4 rings (SSSR count). The Hall–Kier alpha value is -2.86. The Morgan fingerprint density at radius 3 is 2.46 bits per heavy atom. The van der Waals surface area contributed by atoms with Gasteiger partial charge in [0.25, 0.3) is 11.6 Å². The van der Waals surface area contributed by atoms with Crippen LogP contribution in [-0.2, 0) is 11.0 Å². The van der Waals surface area contributed by atoms with Gasteiger partial charge in [-0.3, -0.25) is 19.8 Å². The van der Waals surface area contributed by atoms with Crippen molar-refractivity contribution in [2.75, 3.05) is 4.90 Å². The number of nitro benzene ring substituents is 1. The molecule has 1 aliphatic rings. The first-order valence-electron chi connectivity index (χ1n) is 9.70. The van der Waals surface area contributed by atoms with Gasteiger partial charge in [-0.25, -0.2) is 0 Å². The summed E-state index contributed by atoms with van der Waals surface area (Å²) in [7, 11) is 0. The number of hydrogen-bond acceptors (Lipinski definition) is 6. The monoisotopic (exact) mass is 552 g/mol. The van der Waals surface area contributed by atoms with E-state index in [0.717, 1.165) is 33.7 Å². The molecule has 0 spiro atoms. The topological polar surface area (TPSA) is 63.4 Å². The van der Waals surface area contributed by atoms with Crippen LogP contribution in [0.15, 0.2) is 81.4 Å². The summed E-state index contributed by atoms with van der Waals surface area (Å²) in [6.07, 6.45) is -3.15. The van der Waals surface area contributed by atoms with E-state index >= 15 is 0 Å². The maximum atomic E-state index is 13.1. The Kier molecular flexibility index (Phi) is 7.22. The summed E-state index contributed by atoms with van der Waals surface area (Å²) in [5, 5.41) is 12.2. The smallest absolute Gasteiger partial charge is 0.268 e. The van der Waals surface area contributed by atoms with Gasteiger partial charge in [0, 0.05) is 16.0 Å². The number of rotatable bonds is 5. The van der Waals surface area contributed by atoms with Crippen molar-refractivity contribution in [1.82, 2.24) is 0 Å². The van der Waals surface area contributed by atoms with Crippen LogP contribution < -0.4 is 4.90 Å². The molecule has 1 amide bonds. The average Bonchev–Trinajstić information content (AvgIpc) is 3.08. The normalized spacial score (nSPS) is 15.2. The molecule has 1 saturated heterocycles. The summed E-state index contributed by atoms with van der Waals surface area (Å²) in [4.78, 5) is 26.4. The average molecular weight is 553 g/mol. The fourth-order valence-electron chi connectivity index (χ4n) is 3.15. The second-order valence-electron chi connectivity index (χ2n) is 7.11. The second-order valence-corrected chi connectivity index (χ2v) is 10.3. The molecule has 0 N–H and O–H groups in total. The number of thioether (sulfide) groups is 1. The molecule has 35 heavy (non-hydrogen) atoms. The van der Waals surface area contributed by atoms with Crippen molar-refractivity contribution < 1.29 is 22.9 Å². The maximum Gasteiger partial charge on any atom is 0.416 e. The number of hydrogen-bond donors (Lipinski definition) is 0. The van der Waals surface area contributed by atoms with Crippen molar-refractivity contribution in [3.63, 3.8) is 0 Å². The van der Waals surface area contributed by atoms with E-state index in [1.54, 1.807) is 36.4 Å². The first kappa shape index (κ1) is 25.2. The van der Waals surface area contributed by atoms with Gasteiger partial charge in [0.1, 0.15) is 0 Å². The second kappa shape index (κ2) is 10.0. The fourth-order valence-corrected chi connectivity index (χ4v) is 5.47. The van der Waals surface area contributed by atoms with Crippen LogP contribution in [0.25, 0.3) is 6.08 Å². The van der Waals surface area contributed by atoms with E-state index in [1.807, 2.05) is 0 Å². The van der Waals surface area contributed by atoms with Gasteiger partial charge in [-0.05, 0) is 60.2 Å². The molecular formula is C23H12ClF3N2O3S3. The van der Waals surface area contributed by atoms with E-state index in [-0.39, 0.29) is 20.6 Å². The quantitative estimate of drug-likeness (QED) is 0.139. The highest BCUT2D eigenvalue weighted by Gasteiger charge is 2.36. The number of benzene rings is 3. The Morgan fingerprint density at radius 2 is 1.80 bits per heavy atom. The van der Waals surface area contributed by atoms with Crippen LogP contribution in [-0.4, -0.2) is 15.2 Å². The van der Waals surface area contributed by atoms with Crippen molar-refractivity contribution in [3.05, 3.63) is 97.9 Å². The Bertz CT molecular complexity index is 1380. The number of halogens is 4. The summed E-state index contributed by atoms with van der Waals surface area (Å²) in [5.41, 5.74) is -0.697. The molecule has 0 unspecified atom stereocenters. The summed E-state index contributed by atoms with van der Waals surface area (Å²) in [6.45, 7) is 0. The van der Waals surface area contributed by atoms with Gasteiger partial charge in [-0.2, -0.15) is 13.2 Å². The predicted octanol–water partition coefficient (Wildman–Crippen LogP) is 7.82. The molecular weight excluding hydrogens is 541 g/mol. The number of thiocarbonyl (C=S) groups is 1. The van der Waals surface area contributed by atoms with E-state index < -0.39 is 22.6 Å². The highest BCUT2D eigenvalue weighted by molar-refractivity contribution is 8.27. The highest BCUT2D eigenvalue weighted by atomic mass is 35.5. The molecule has 0 radical (unpaired) electrons. The van der Waals surface area contributed by atoms with E-state index in [2.05, 4.69) is 0 Å². The first-order valence-corrected chi connectivity index (χ1v) is 12.1. The van der Waals surface area contributed by atoms with Crippen molar-refractivity contribution in [2.45, 2.75) is 16.0 Å². The highest BCUT2D eigenvalue weighted by Crippen LogP contribution is 2.40. The lowest BCUT2D eigenvalue weighted by atomic mass is 10.1. The third kappa shape index (κ3) is 5.69. The lowest BCUT2D eigenvalue weighted by Crippen LogP contribution is -2.27.